The number of nitrogens with one attached hydrogen (secondary N) is 1. The Bertz CT molecular complexity index is 1430. The van der Waals surface area contributed by atoms with Crippen molar-refractivity contribution in [3.8, 4) is 23.2 Å². The van der Waals surface area contributed by atoms with Gasteiger partial charge in [-0.15, -0.1) is 11.3 Å². The highest BCUT2D eigenvalue weighted by atomic mass is 79.9. The molecule has 0 radical (unpaired) electrons. The van der Waals surface area contributed by atoms with E-state index in [0.29, 0.717) is 23.7 Å². The fourth-order valence-electron chi connectivity index (χ4n) is 4.33. The lowest BCUT2D eigenvalue weighted by atomic mass is 9.98. The van der Waals surface area contributed by atoms with Crippen LogP contribution in [0.15, 0.2) is 51.7 Å². The van der Waals surface area contributed by atoms with E-state index in [9.17, 15) is 10.1 Å². The SMILES string of the molecule is N#Cc1ccccc1COc1ccc(-c2nc3sc4c(c3c(=O)[nH]2)CCCCCC4)cc1Br. The second kappa shape index (κ2) is 9.50. The summed E-state index contributed by atoms with van der Waals surface area (Å²) in [5.74, 6) is 1.22. The van der Waals surface area contributed by atoms with Gasteiger partial charge < -0.3 is 9.72 Å². The van der Waals surface area contributed by atoms with Crippen molar-refractivity contribution in [1.82, 2.24) is 9.97 Å². The first-order chi connectivity index (χ1) is 16.1. The molecule has 0 amide bonds. The van der Waals surface area contributed by atoms with Crippen LogP contribution in [-0.2, 0) is 19.4 Å². The van der Waals surface area contributed by atoms with E-state index in [0.717, 1.165) is 45.1 Å². The summed E-state index contributed by atoms with van der Waals surface area (Å²) in [7, 11) is 0. The second-order valence-electron chi connectivity index (χ2n) is 8.22. The number of nitrogens with zero attached hydrogens (tertiary/aromatic N) is 2. The van der Waals surface area contributed by atoms with E-state index in [1.165, 1.54) is 29.7 Å². The van der Waals surface area contributed by atoms with E-state index >= 15 is 0 Å². The minimum absolute atomic E-state index is 0.0577. The first-order valence-electron chi connectivity index (χ1n) is 11.1. The van der Waals surface area contributed by atoms with Crippen molar-refractivity contribution >= 4 is 37.5 Å². The highest BCUT2D eigenvalue weighted by Crippen LogP contribution is 2.34. The van der Waals surface area contributed by atoms with E-state index in [2.05, 4.69) is 27.0 Å². The first-order valence-corrected chi connectivity index (χ1v) is 12.7. The summed E-state index contributed by atoms with van der Waals surface area (Å²) < 4.78 is 6.70. The molecule has 0 spiro atoms. The number of hydrogen-bond acceptors (Lipinski definition) is 5. The monoisotopic (exact) mass is 519 g/mol. The minimum Gasteiger partial charge on any atom is -0.488 e. The Kier molecular flexibility index (Phi) is 6.30. The third kappa shape index (κ3) is 4.46. The lowest BCUT2D eigenvalue weighted by Crippen LogP contribution is -2.10. The fourth-order valence-corrected chi connectivity index (χ4v) is 6.09. The van der Waals surface area contributed by atoms with Crippen molar-refractivity contribution in [2.24, 2.45) is 0 Å². The molecule has 0 saturated heterocycles. The number of aromatic nitrogens is 2. The number of nitriles is 1. The second-order valence-corrected chi connectivity index (χ2v) is 10.2. The van der Waals surface area contributed by atoms with Gasteiger partial charge in [-0.1, -0.05) is 31.0 Å². The zero-order chi connectivity index (χ0) is 22.8. The minimum atomic E-state index is -0.0577. The van der Waals surface area contributed by atoms with Crippen molar-refractivity contribution in [2.75, 3.05) is 0 Å². The van der Waals surface area contributed by atoms with Gasteiger partial charge in [-0.25, -0.2) is 4.98 Å². The van der Waals surface area contributed by atoms with Crippen LogP contribution >= 0.6 is 27.3 Å². The predicted octanol–water partition coefficient (Wildman–Crippen LogP) is 6.52. The topological polar surface area (TPSA) is 78.8 Å². The Morgan fingerprint density at radius 1 is 1.12 bits per heavy atom. The zero-order valence-electron chi connectivity index (χ0n) is 18.0. The number of fused-ring (bicyclic) bond motifs is 3. The van der Waals surface area contributed by atoms with E-state index in [1.807, 2.05) is 36.4 Å². The Hall–Kier alpha value is -2.95. The van der Waals surface area contributed by atoms with Gasteiger partial charge in [-0.05, 0) is 71.4 Å². The van der Waals surface area contributed by atoms with Gasteiger partial charge in [0, 0.05) is 16.0 Å². The molecule has 1 aliphatic carbocycles. The van der Waals surface area contributed by atoms with Crippen molar-refractivity contribution in [2.45, 2.75) is 45.1 Å². The average Bonchev–Trinajstić information content (AvgIpc) is 3.15. The molecule has 4 aromatic rings. The van der Waals surface area contributed by atoms with Crippen LogP contribution in [0, 0.1) is 11.3 Å². The smallest absolute Gasteiger partial charge is 0.260 e. The number of aryl methyl sites for hydroxylation is 2. The van der Waals surface area contributed by atoms with Crippen molar-refractivity contribution in [3.05, 3.63) is 78.9 Å². The Labute approximate surface area is 204 Å². The van der Waals surface area contributed by atoms with Crippen LogP contribution in [0.2, 0.25) is 0 Å². The zero-order valence-corrected chi connectivity index (χ0v) is 20.4. The van der Waals surface area contributed by atoms with Gasteiger partial charge in [-0.2, -0.15) is 5.26 Å². The molecule has 0 bridgehead atoms. The van der Waals surface area contributed by atoms with Gasteiger partial charge in [0.25, 0.3) is 5.56 Å². The average molecular weight is 520 g/mol. The molecule has 1 aliphatic rings. The molecule has 0 unspecified atom stereocenters. The molecule has 33 heavy (non-hydrogen) atoms. The van der Waals surface area contributed by atoms with Crippen LogP contribution in [-0.4, -0.2) is 9.97 Å². The highest BCUT2D eigenvalue weighted by Gasteiger charge is 2.19. The molecule has 0 aliphatic heterocycles. The maximum Gasteiger partial charge on any atom is 0.260 e. The van der Waals surface area contributed by atoms with Crippen molar-refractivity contribution in [1.29, 1.82) is 5.26 Å². The molecule has 7 heteroatoms. The third-order valence-corrected chi connectivity index (χ3v) is 7.86. The van der Waals surface area contributed by atoms with Crippen LogP contribution in [0.5, 0.6) is 5.75 Å². The number of ether oxygens (including phenoxy) is 1. The Morgan fingerprint density at radius 3 is 2.76 bits per heavy atom. The number of H-pyrrole nitrogens is 1. The third-order valence-electron chi connectivity index (χ3n) is 6.05. The van der Waals surface area contributed by atoms with Crippen LogP contribution < -0.4 is 10.3 Å². The summed E-state index contributed by atoms with van der Waals surface area (Å²) in [6.45, 7) is 0.295. The predicted molar refractivity (Wildman–Crippen MR) is 135 cm³/mol. The quantitative estimate of drug-likeness (QED) is 0.332. The molecule has 0 fully saturated rings. The molecular weight excluding hydrogens is 498 g/mol. The van der Waals surface area contributed by atoms with Crippen molar-refractivity contribution in [3.63, 3.8) is 0 Å². The molecule has 0 saturated carbocycles. The van der Waals surface area contributed by atoms with Crippen LogP contribution in [0.1, 0.15) is 47.3 Å². The normalized spacial score (nSPS) is 13.7. The molecule has 166 valence electrons. The van der Waals surface area contributed by atoms with Gasteiger partial charge in [0.05, 0.1) is 21.5 Å². The van der Waals surface area contributed by atoms with Crippen molar-refractivity contribution < 1.29 is 4.74 Å². The first kappa shape index (κ1) is 21.9. The van der Waals surface area contributed by atoms with Crippen LogP contribution in [0.4, 0.5) is 0 Å². The number of thiophene rings is 1. The fraction of sp³-hybridized carbons (Fsp3) is 0.269. The number of benzene rings is 2. The van der Waals surface area contributed by atoms with E-state index in [4.69, 9.17) is 9.72 Å². The largest absolute Gasteiger partial charge is 0.488 e. The summed E-state index contributed by atoms with van der Waals surface area (Å²) >= 11 is 5.25. The van der Waals surface area contributed by atoms with E-state index < -0.39 is 0 Å². The van der Waals surface area contributed by atoms with Gasteiger partial charge in [0.2, 0.25) is 0 Å². The van der Waals surface area contributed by atoms with Crippen LogP contribution in [0.25, 0.3) is 21.6 Å². The summed E-state index contributed by atoms with van der Waals surface area (Å²) in [4.78, 5) is 23.0. The number of aromatic amines is 1. The van der Waals surface area contributed by atoms with Crippen LogP contribution in [0.3, 0.4) is 0 Å². The number of hydrogen-bond donors (Lipinski definition) is 1. The Morgan fingerprint density at radius 2 is 1.94 bits per heavy atom. The number of halogens is 1. The van der Waals surface area contributed by atoms with Gasteiger partial charge in [-0.3, -0.25) is 4.79 Å². The lowest BCUT2D eigenvalue weighted by molar-refractivity contribution is 0.304. The standard InChI is InChI=1S/C26H22BrN3O2S/c27-20-13-16(11-12-21(20)32-15-18-8-6-5-7-17(18)14-28)24-29-25(31)23-19-9-3-1-2-4-10-22(19)33-26(23)30-24/h5-8,11-13H,1-4,9-10,15H2,(H,29,30,31). The molecule has 5 nitrogen and oxygen atoms in total. The molecule has 0 atom stereocenters. The highest BCUT2D eigenvalue weighted by molar-refractivity contribution is 9.10. The molecular formula is C26H22BrN3O2S. The summed E-state index contributed by atoms with van der Waals surface area (Å²) in [6, 6.07) is 15.2. The maximum absolute atomic E-state index is 13.0. The summed E-state index contributed by atoms with van der Waals surface area (Å²) in [5, 5.41) is 10.0. The maximum atomic E-state index is 13.0. The van der Waals surface area contributed by atoms with Gasteiger partial charge >= 0.3 is 0 Å². The van der Waals surface area contributed by atoms with E-state index in [1.54, 1.807) is 17.4 Å². The molecule has 1 N–H and O–H groups in total. The van der Waals surface area contributed by atoms with Gasteiger partial charge in [0.1, 0.15) is 23.0 Å². The molecule has 2 aromatic carbocycles. The lowest BCUT2D eigenvalue weighted by Gasteiger charge is -2.11. The summed E-state index contributed by atoms with van der Waals surface area (Å²) in [5.41, 5.74) is 3.40. The van der Waals surface area contributed by atoms with Gasteiger partial charge in [0.15, 0.2) is 0 Å². The molecule has 2 heterocycles. The molecule has 2 aromatic heterocycles. The summed E-state index contributed by atoms with van der Waals surface area (Å²) in [6.07, 6.45) is 6.80. The van der Waals surface area contributed by atoms with E-state index in [-0.39, 0.29) is 5.56 Å². The molecule has 5 rings (SSSR count). The Balaban J connectivity index is 1.43. The number of rotatable bonds is 4.